The number of anilines is 1. The molecule has 0 radical (unpaired) electrons. The molecule has 0 atom stereocenters. The average molecular weight is 310 g/mol. The van der Waals surface area contributed by atoms with Crippen molar-refractivity contribution in [2.45, 2.75) is 26.8 Å². The highest BCUT2D eigenvalue weighted by Gasteiger charge is 2.18. The molecule has 0 saturated carbocycles. The van der Waals surface area contributed by atoms with Crippen LogP contribution < -0.4 is 5.32 Å². The first-order chi connectivity index (χ1) is 10.9. The van der Waals surface area contributed by atoms with E-state index in [0.29, 0.717) is 16.8 Å². The molecule has 0 unspecified atom stereocenters. The van der Waals surface area contributed by atoms with Crippen molar-refractivity contribution in [2.24, 2.45) is 0 Å². The summed E-state index contributed by atoms with van der Waals surface area (Å²) >= 11 is 0. The minimum atomic E-state index is -0.221. The fraction of sp³-hybridized carbons (Fsp3) is 0.263. The number of benzene rings is 2. The molecule has 1 N–H and O–H groups in total. The lowest BCUT2D eigenvalue weighted by molar-refractivity contribution is 0.0756. The van der Waals surface area contributed by atoms with Gasteiger partial charge in [-0.3, -0.25) is 9.59 Å². The number of para-hydroxylation sites is 1. The molecule has 0 saturated heterocycles. The summed E-state index contributed by atoms with van der Waals surface area (Å²) in [6.07, 6.45) is 0. The van der Waals surface area contributed by atoms with Crippen LogP contribution >= 0.6 is 0 Å². The van der Waals surface area contributed by atoms with Crippen LogP contribution in [0.5, 0.6) is 0 Å². The van der Waals surface area contributed by atoms with Crippen LogP contribution in [0.15, 0.2) is 48.5 Å². The van der Waals surface area contributed by atoms with Crippen molar-refractivity contribution >= 4 is 17.5 Å². The Bertz CT molecular complexity index is 723. The summed E-state index contributed by atoms with van der Waals surface area (Å²) in [5.74, 6) is -0.332. The topological polar surface area (TPSA) is 49.4 Å². The van der Waals surface area contributed by atoms with E-state index in [1.54, 1.807) is 42.3 Å². The number of amides is 2. The summed E-state index contributed by atoms with van der Waals surface area (Å²) in [6.45, 7) is 5.84. The van der Waals surface area contributed by atoms with E-state index in [4.69, 9.17) is 0 Å². The lowest BCUT2D eigenvalue weighted by Gasteiger charge is -2.22. The first-order valence-electron chi connectivity index (χ1n) is 7.64. The van der Waals surface area contributed by atoms with Crippen molar-refractivity contribution < 1.29 is 9.59 Å². The van der Waals surface area contributed by atoms with Gasteiger partial charge in [-0.1, -0.05) is 29.8 Å². The highest BCUT2D eigenvalue weighted by Crippen LogP contribution is 2.19. The maximum absolute atomic E-state index is 12.6. The molecule has 0 aliphatic carbocycles. The second-order valence-corrected chi connectivity index (χ2v) is 5.88. The molecule has 2 aromatic carbocycles. The number of carbonyl (C=O) groups is 2. The first-order valence-corrected chi connectivity index (χ1v) is 7.64. The molecule has 2 aromatic rings. The molecule has 0 spiro atoms. The minimum absolute atomic E-state index is 0.0861. The van der Waals surface area contributed by atoms with Gasteiger partial charge < -0.3 is 10.2 Å². The van der Waals surface area contributed by atoms with Gasteiger partial charge >= 0.3 is 0 Å². The zero-order valence-electron chi connectivity index (χ0n) is 14.0. The van der Waals surface area contributed by atoms with E-state index in [1.165, 1.54) is 0 Å². The average Bonchev–Trinajstić information content (AvgIpc) is 2.53. The maximum atomic E-state index is 12.6. The van der Waals surface area contributed by atoms with E-state index in [9.17, 15) is 9.59 Å². The monoisotopic (exact) mass is 310 g/mol. The van der Waals surface area contributed by atoms with E-state index < -0.39 is 0 Å². The van der Waals surface area contributed by atoms with Crippen LogP contribution in [-0.4, -0.2) is 29.8 Å². The van der Waals surface area contributed by atoms with E-state index in [2.05, 4.69) is 5.32 Å². The van der Waals surface area contributed by atoms with E-state index in [-0.39, 0.29) is 17.9 Å². The minimum Gasteiger partial charge on any atom is -0.339 e. The highest BCUT2D eigenvalue weighted by atomic mass is 16.2. The summed E-state index contributed by atoms with van der Waals surface area (Å²) in [5, 5.41) is 2.84. The van der Waals surface area contributed by atoms with Crippen LogP contribution in [0.3, 0.4) is 0 Å². The molecule has 2 rings (SSSR count). The van der Waals surface area contributed by atoms with E-state index in [1.807, 2.05) is 39.0 Å². The van der Waals surface area contributed by atoms with Crippen LogP contribution in [0.4, 0.5) is 5.69 Å². The number of hydrogen-bond acceptors (Lipinski definition) is 2. The normalized spacial score (nSPS) is 10.5. The van der Waals surface area contributed by atoms with Gasteiger partial charge in [0.2, 0.25) is 0 Å². The van der Waals surface area contributed by atoms with Crippen LogP contribution in [0.25, 0.3) is 0 Å². The second-order valence-electron chi connectivity index (χ2n) is 5.88. The molecule has 4 nitrogen and oxygen atoms in total. The fourth-order valence-electron chi connectivity index (χ4n) is 2.18. The van der Waals surface area contributed by atoms with Crippen molar-refractivity contribution in [1.82, 2.24) is 4.90 Å². The van der Waals surface area contributed by atoms with Gasteiger partial charge in [-0.15, -0.1) is 0 Å². The van der Waals surface area contributed by atoms with Gasteiger partial charge in [-0.2, -0.15) is 0 Å². The SMILES string of the molecule is Cc1cccc(C(=O)Nc2ccccc2C(=O)N(C)C(C)C)c1. The molecular weight excluding hydrogens is 288 g/mol. The Balaban J connectivity index is 2.27. The zero-order chi connectivity index (χ0) is 17.0. The van der Waals surface area contributed by atoms with Gasteiger partial charge in [0.1, 0.15) is 0 Å². The predicted octanol–water partition coefficient (Wildman–Crippen LogP) is 3.73. The number of nitrogens with zero attached hydrogens (tertiary/aromatic N) is 1. The quantitative estimate of drug-likeness (QED) is 0.935. The van der Waals surface area contributed by atoms with E-state index in [0.717, 1.165) is 5.56 Å². The predicted molar refractivity (Wildman–Crippen MR) is 92.8 cm³/mol. The van der Waals surface area contributed by atoms with Crippen molar-refractivity contribution in [1.29, 1.82) is 0 Å². The third-order valence-electron chi connectivity index (χ3n) is 3.78. The third-order valence-corrected chi connectivity index (χ3v) is 3.78. The zero-order valence-corrected chi connectivity index (χ0v) is 14.0. The molecule has 0 aliphatic heterocycles. The van der Waals surface area contributed by atoms with Gasteiger partial charge in [0.15, 0.2) is 0 Å². The number of aryl methyl sites for hydroxylation is 1. The summed E-state index contributed by atoms with van der Waals surface area (Å²) < 4.78 is 0. The van der Waals surface area contributed by atoms with Crippen molar-refractivity contribution in [3.05, 3.63) is 65.2 Å². The molecule has 23 heavy (non-hydrogen) atoms. The largest absolute Gasteiger partial charge is 0.339 e. The maximum Gasteiger partial charge on any atom is 0.255 e. The molecule has 0 heterocycles. The lowest BCUT2D eigenvalue weighted by Crippen LogP contribution is -2.33. The highest BCUT2D eigenvalue weighted by molar-refractivity contribution is 6.09. The summed E-state index contributed by atoms with van der Waals surface area (Å²) in [4.78, 5) is 26.6. The van der Waals surface area contributed by atoms with Gasteiger partial charge in [-0.25, -0.2) is 0 Å². The van der Waals surface area contributed by atoms with Crippen molar-refractivity contribution in [3.63, 3.8) is 0 Å². The molecular formula is C19H22N2O2. The molecule has 120 valence electrons. The van der Waals surface area contributed by atoms with Crippen molar-refractivity contribution in [2.75, 3.05) is 12.4 Å². The Hall–Kier alpha value is -2.62. The Morgan fingerprint density at radius 1 is 1.04 bits per heavy atom. The molecule has 0 aliphatic rings. The van der Waals surface area contributed by atoms with Crippen molar-refractivity contribution in [3.8, 4) is 0 Å². The lowest BCUT2D eigenvalue weighted by atomic mass is 10.1. The number of rotatable bonds is 4. The number of carbonyl (C=O) groups excluding carboxylic acids is 2. The first kappa shape index (κ1) is 16.7. The Morgan fingerprint density at radius 2 is 1.74 bits per heavy atom. The Morgan fingerprint density at radius 3 is 2.39 bits per heavy atom. The summed E-state index contributed by atoms with van der Waals surface area (Å²) in [7, 11) is 1.76. The second kappa shape index (κ2) is 7.09. The summed E-state index contributed by atoms with van der Waals surface area (Å²) in [5.41, 5.74) is 2.60. The van der Waals surface area contributed by atoms with Gasteiger partial charge in [0.05, 0.1) is 11.3 Å². The van der Waals surface area contributed by atoms with Crippen LogP contribution in [0.1, 0.15) is 40.1 Å². The van der Waals surface area contributed by atoms with Crippen LogP contribution in [0, 0.1) is 6.92 Å². The molecule has 4 heteroatoms. The van der Waals surface area contributed by atoms with Gasteiger partial charge in [-0.05, 0) is 45.0 Å². The van der Waals surface area contributed by atoms with E-state index >= 15 is 0 Å². The smallest absolute Gasteiger partial charge is 0.255 e. The number of hydrogen-bond donors (Lipinski definition) is 1. The number of nitrogens with one attached hydrogen (secondary N) is 1. The van der Waals surface area contributed by atoms with Crippen LogP contribution in [0.2, 0.25) is 0 Å². The third kappa shape index (κ3) is 3.97. The summed E-state index contributed by atoms with van der Waals surface area (Å²) in [6, 6.07) is 14.5. The fourth-order valence-corrected chi connectivity index (χ4v) is 2.18. The molecule has 2 amide bonds. The molecule has 0 aromatic heterocycles. The standard InChI is InChI=1S/C19H22N2O2/c1-13(2)21(4)19(23)16-10-5-6-11-17(16)20-18(22)15-9-7-8-14(3)12-15/h5-13H,1-4H3,(H,20,22). The molecule has 0 fully saturated rings. The Labute approximate surface area is 137 Å². The van der Waals surface area contributed by atoms with Gasteiger partial charge in [0.25, 0.3) is 11.8 Å². The molecule has 0 bridgehead atoms. The Kier molecular flexibility index (Phi) is 5.16. The van der Waals surface area contributed by atoms with Crippen LogP contribution in [-0.2, 0) is 0 Å². The van der Waals surface area contributed by atoms with Gasteiger partial charge in [0, 0.05) is 18.7 Å².